The van der Waals surface area contributed by atoms with Gasteiger partial charge in [-0.1, -0.05) is 12.1 Å². The number of hydrogen-bond donors (Lipinski definition) is 2. The average molecular weight is 335 g/mol. The molecule has 0 radical (unpaired) electrons. The smallest absolute Gasteiger partial charge is 0.271 e. The van der Waals surface area contributed by atoms with Gasteiger partial charge in [0, 0.05) is 10.5 Å². The summed E-state index contributed by atoms with van der Waals surface area (Å²) in [5.74, 6) is 0.359. The summed E-state index contributed by atoms with van der Waals surface area (Å²) in [7, 11) is 0. The molecule has 0 aliphatic heterocycles. The molecular weight excluding hydrogens is 320 g/mol. The standard InChI is InChI=1S/C14H15BrN4O/c1-9(2)18-14(20)12-7-17-13(8-16-12)19-11-6-4-3-5-10(11)15/h3-9H,1-2H3,(H,17,19)(H,18,20). The second-order valence-corrected chi connectivity index (χ2v) is 5.37. The normalized spacial score (nSPS) is 10.4. The highest BCUT2D eigenvalue weighted by atomic mass is 79.9. The third kappa shape index (κ3) is 3.77. The van der Waals surface area contributed by atoms with E-state index in [1.54, 1.807) is 0 Å². The highest BCUT2D eigenvalue weighted by Gasteiger charge is 2.09. The van der Waals surface area contributed by atoms with Crippen LogP contribution in [0.2, 0.25) is 0 Å². The zero-order valence-electron chi connectivity index (χ0n) is 11.2. The Labute approximate surface area is 126 Å². The predicted molar refractivity (Wildman–Crippen MR) is 82.1 cm³/mol. The molecule has 6 heteroatoms. The lowest BCUT2D eigenvalue weighted by Gasteiger charge is -2.09. The zero-order chi connectivity index (χ0) is 14.5. The molecule has 0 aliphatic carbocycles. The second-order valence-electron chi connectivity index (χ2n) is 4.52. The Bertz CT molecular complexity index is 598. The third-order valence-corrected chi connectivity index (χ3v) is 3.13. The minimum absolute atomic E-state index is 0.0716. The molecule has 1 amide bonds. The molecule has 0 unspecified atom stereocenters. The topological polar surface area (TPSA) is 66.9 Å². The molecule has 0 atom stereocenters. The van der Waals surface area contributed by atoms with Crippen LogP contribution in [0, 0.1) is 0 Å². The number of benzene rings is 1. The Morgan fingerprint density at radius 2 is 1.95 bits per heavy atom. The Kier molecular flexibility index (Phi) is 4.68. The molecule has 1 aromatic heterocycles. The molecule has 5 nitrogen and oxygen atoms in total. The highest BCUT2D eigenvalue weighted by molar-refractivity contribution is 9.10. The van der Waals surface area contributed by atoms with E-state index in [1.807, 2.05) is 38.1 Å². The van der Waals surface area contributed by atoms with Crippen LogP contribution in [-0.4, -0.2) is 21.9 Å². The van der Waals surface area contributed by atoms with E-state index in [-0.39, 0.29) is 11.9 Å². The lowest BCUT2D eigenvalue weighted by Crippen LogP contribution is -2.30. The van der Waals surface area contributed by atoms with Crippen molar-refractivity contribution in [2.45, 2.75) is 19.9 Å². The molecule has 0 saturated heterocycles. The van der Waals surface area contributed by atoms with Crippen LogP contribution in [0.4, 0.5) is 11.5 Å². The molecule has 0 fully saturated rings. The molecule has 0 spiro atoms. The molecule has 0 bridgehead atoms. The number of para-hydroxylation sites is 1. The largest absolute Gasteiger partial charge is 0.348 e. The van der Waals surface area contributed by atoms with Gasteiger partial charge < -0.3 is 10.6 Å². The van der Waals surface area contributed by atoms with Crippen molar-refractivity contribution >= 4 is 33.3 Å². The minimum atomic E-state index is -0.222. The summed E-state index contributed by atoms with van der Waals surface area (Å²) in [4.78, 5) is 20.0. The fourth-order valence-electron chi connectivity index (χ4n) is 1.55. The van der Waals surface area contributed by atoms with Crippen molar-refractivity contribution < 1.29 is 4.79 Å². The first-order valence-electron chi connectivity index (χ1n) is 6.20. The van der Waals surface area contributed by atoms with Gasteiger partial charge in [0.05, 0.1) is 18.1 Å². The van der Waals surface area contributed by atoms with Crippen LogP contribution >= 0.6 is 15.9 Å². The Morgan fingerprint density at radius 1 is 1.20 bits per heavy atom. The molecule has 20 heavy (non-hydrogen) atoms. The first kappa shape index (κ1) is 14.5. The molecular formula is C14H15BrN4O. The number of hydrogen-bond acceptors (Lipinski definition) is 4. The molecule has 0 aliphatic rings. The summed E-state index contributed by atoms with van der Waals surface area (Å²) in [5.41, 5.74) is 1.19. The van der Waals surface area contributed by atoms with E-state index in [4.69, 9.17) is 0 Å². The van der Waals surface area contributed by atoms with Crippen molar-refractivity contribution in [1.82, 2.24) is 15.3 Å². The SMILES string of the molecule is CC(C)NC(=O)c1cnc(Nc2ccccc2Br)cn1. The predicted octanol–water partition coefficient (Wildman–Crippen LogP) is 3.12. The number of anilines is 2. The van der Waals surface area contributed by atoms with Gasteiger partial charge in [0.1, 0.15) is 11.5 Å². The molecule has 1 aromatic carbocycles. The van der Waals surface area contributed by atoms with Crippen LogP contribution in [0.1, 0.15) is 24.3 Å². The quantitative estimate of drug-likeness (QED) is 0.901. The monoisotopic (exact) mass is 334 g/mol. The van der Waals surface area contributed by atoms with E-state index in [0.29, 0.717) is 11.5 Å². The van der Waals surface area contributed by atoms with Gasteiger partial charge in [-0.15, -0.1) is 0 Å². The number of nitrogens with zero attached hydrogens (tertiary/aromatic N) is 2. The van der Waals surface area contributed by atoms with Gasteiger partial charge >= 0.3 is 0 Å². The van der Waals surface area contributed by atoms with Crippen molar-refractivity contribution in [2.24, 2.45) is 0 Å². The molecule has 1 heterocycles. The number of carbonyl (C=O) groups excluding carboxylic acids is 1. The van der Waals surface area contributed by atoms with Crippen molar-refractivity contribution in [1.29, 1.82) is 0 Å². The average Bonchev–Trinajstić information content (AvgIpc) is 2.41. The summed E-state index contributed by atoms with van der Waals surface area (Å²) in [6.07, 6.45) is 2.99. The van der Waals surface area contributed by atoms with Gasteiger partial charge in [0.25, 0.3) is 5.91 Å². The number of aromatic nitrogens is 2. The van der Waals surface area contributed by atoms with Crippen molar-refractivity contribution in [3.8, 4) is 0 Å². The second kappa shape index (κ2) is 6.47. The summed E-state index contributed by atoms with van der Waals surface area (Å²) in [6.45, 7) is 3.79. The maximum Gasteiger partial charge on any atom is 0.271 e. The third-order valence-electron chi connectivity index (χ3n) is 2.44. The van der Waals surface area contributed by atoms with E-state index >= 15 is 0 Å². The molecule has 0 saturated carbocycles. The van der Waals surface area contributed by atoms with Gasteiger partial charge in [0.15, 0.2) is 0 Å². The van der Waals surface area contributed by atoms with Crippen LogP contribution in [-0.2, 0) is 0 Å². The van der Waals surface area contributed by atoms with Crippen molar-refractivity contribution in [2.75, 3.05) is 5.32 Å². The van der Waals surface area contributed by atoms with Gasteiger partial charge in [-0.05, 0) is 41.9 Å². The first-order chi connectivity index (χ1) is 9.56. The van der Waals surface area contributed by atoms with E-state index in [2.05, 4.69) is 36.5 Å². The Morgan fingerprint density at radius 3 is 2.55 bits per heavy atom. The lowest BCUT2D eigenvalue weighted by atomic mass is 10.3. The van der Waals surface area contributed by atoms with Crippen LogP contribution in [0.15, 0.2) is 41.1 Å². The maximum absolute atomic E-state index is 11.7. The van der Waals surface area contributed by atoms with E-state index in [0.717, 1.165) is 10.2 Å². The van der Waals surface area contributed by atoms with Crippen molar-refractivity contribution in [3.63, 3.8) is 0 Å². The lowest BCUT2D eigenvalue weighted by molar-refractivity contribution is 0.0937. The molecule has 104 valence electrons. The van der Waals surface area contributed by atoms with E-state index in [1.165, 1.54) is 12.4 Å². The van der Waals surface area contributed by atoms with Gasteiger partial charge in [-0.25, -0.2) is 9.97 Å². The first-order valence-corrected chi connectivity index (χ1v) is 7.00. The fourth-order valence-corrected chi connectivity index (χ4v) is 1.93. The molecule has 2 rings (SSSR count). The fraction of sp³-hybridized carbons (Fsp3) is 0.214. The van der Waals surface area contributed by atoms with Crippen LogP contribution in [0.3, 0.4) is 0 Å². The number of carbonyl (C=O) groups is 1. The van der Waals surface area contributed by atoms with Gasteiger partial charge in [-0.2, -0.15) is 0 Å². The Hall–Kier alpha value is -1.95. The summed E-state index contributed by atoms with van der Waals surface area (Å²) >= 11 is 3.44. The van der Waals surface area contributed by atoms with Gasteiger partial charge in [0.2, 0.25) is 0 Å². The Balaban J connectivity index is 2.09. The highest BCUT2D eigenvalue weighted by Crippen LogP contribution is 2.23. The van der Waals surface area contributed by atoms with Crippen LogP contribution < -0.4 is 10.6 Å². The number of nitrogens with one attached hydrogen (secondary N) is 2. The molecule has 2 N–H and O–H groups in total. The summed E-state index contributed by atoms with van der Waals surface area (Å²) in [6, 6.07) is 7.78. The minimum Gasteiger partial charge on any atom is -0.348 e. The van der Waals surface area contributed by atoms with Crippen molar-refractivity contribution in [3.05, 3.63) is 46.8 Å². The van der Waals surface area contributed by atoms with E-state index < -0.39 is 0 Å². The van der Waals surface area contributed by atoms with Gasteiger partial charge in [-0.3, -0.25) is 4.79 Å². The zero-order valence-corrected chi connectivity index (χ0v) is 12.8. The van der Waals surface area contributed by atoms with Crippen LogP contribution in [0.5, 0.6) is 0 Å². The summed E-state index contributed by atoms with van der Waals surface area (Å²) < 4.78 is 0.934. The maximum atomic E-state index is 11.7. The molecule has 2 aromatic rings. The van der Waals surface area contributed by atoms with Crippen LogP contribution in [0.25, 0.3) is 0 Å². The number of rotatable bonds is 4. The summed E-state index contributed by atoms with van der Waals surface area (Å²) in [5, 5.41) is 5.89. The number of halogens is 1. The van der Waals surface area contributed by atoms with E-state index in [9.17, 15) is 4.79 Å². The number of amides is 1.